The van der Waals surface area contributed by atoms with E-state index in [0.717, 1.165) is 5.56 Å². The van der Waals surface area contributed by atoms with Crippen molar-refractivity contribution in [2.75, 3.05) is 6.61 Å². The Balaban J connectivity index is 2.75. The summed E-state index contributed by atoms with van der Waals surface area (Å²) in [5.41, 5.74) is -2.21. The summed E-state index contributed by atoms with van der Waals surface area (Å²) in [5.74, 6) is -2.49. The zero-order chi connectivity index (χ0) is 35.4. The van der Waals surface area contributed by atoms with E-state index in [4.69, 9.17) is 23.7 Å². The maximum absolute atomic E-state index is 13.4. The van der Waals surface area contributed by atoms with Gasteiger partial charge in [0.25, 0.3) is 0 Å². The number of carbonyl (C=O) groups excluding carboxylic acids is 4. The summed E-state index contributed by atoms with van der Waals surface area (Å²) >= 11 is 0. The van der Waals surface area contributed by atoms with E-state index in [1.165, 1.54) is 0 Å². The Hall–Kier alpha value is -3.49. The van der Waals surface area contributed by atoms with Crippen LogP contribution in [-0.4, -0.2) is 61.1 Å². The monoisotopic (exact) mass is 644 g/mol. The summed E-state index contributed by atoms with van der Waals surface area (Å²) in [6.45, 7) is 21.5. The molecule has 0 spiro atoms. The second-order valence-electron chi connectivity index (χ2n) is 15.9. The van der Waals surface area contributed by atoms with Crippen LogP contribution in [-0.2, 0) is 42.9 Å². The standard InChI is InChI=1S/C35H52N2O9/c1-20-14-16-21(17-15-20)22(18-36)37-27-26(46-31(41)35(11,12)13)25(45-30(40)34(8,9)10)24(44-29(39)33(5,6)7)23(43-27)19-42-28(38)32(2,3)4/h14-17,22-27,37H,19H2,1-13H3/t22-,23-,24+,25+,26-,27-/m1/s1. The molecule has 6 atom stereocenters. The first kappa shape index (κ1) is 38.7. The number of rotatable bonds is 8. The Morgan fingerprint density at radius 3 is 1.54 bits per heavy atom. The van der Waals surface area contributed by atoms with E-state index in [-0.39, 0.29) is 6.61 Å². The van der Waals surface area contributed by atoms with Gasteiger partial charge in [0.05, 0.1) is 27.7 Å². The van der Waals surface area contributed by atoms with Gasteiger partial charge in [0.15, 0.2) is 24.5 Å². The van der Waals surface area contributed by atoms with Crippen molar-refractivity contribution >= 4 is 23.9 Å². The predicted molar refractivity (Wildman–Crippen MR) is 170 cm³/mol. The summed E-state index contributed by atoms with van der Waals surface area (Å²) in [6.07, 6.45) is -6.60. The fourth-order valence-corrected chi connectivity index (χ4v) is 3.99. The average molecular weight is 645 g/mol. The largest absolute Gasteiger partial charge is 0.462 e. The van der Waals surface area contributed by atoms with Gasteiger partial charge >= 0.3 is 23.9 Å². The number of esters is 4. The lowest BCUT2D eigenvalue weighted by atomic mass is 9.92. The number of ether oxygens (including phenoxy) is 5. The van der Waals surface area contributed by atoms with Crippen LogP contribution in [0.15, 0.2) is 24.3 Å². The van der Waals surface area contributed by atoms with Gasteiger partial charge in [-0.25, -0.2) is 0 Å². The van der Waals surface area contributed by atoms with Crippen LogP contribution in [0.25, 0.3) is 0 Å². The molecule has 1 N–H and O–H groups in total. The molecule has 11 heteroatoms. The first-order valence-corrected chi connectivity index (χ1v) is 15.5. The molecular weight excluding hydrogens is 592 g/mol. The molecule has 1 aliphatic rings. The van der Waals surface area contributed by atoms with Gasteiger partial charge in [-0.3, -0.25) is 24.5 Å². The number of aryl methyl sites for hydroxylation is 1. The van der Waals surface area contributed by atoms with Crippen LogP contribution in [0.4, 0.5) is 0 Å². The molecule has 1 saturated heterocycles. The Morgan fingerprint density at radius 2 is 1.13 bits per heavy atom. The fourth-order valence-electron chi connectivity index (χ4n) is 3.99. The van der Waals surface area contributed by atoms with E-state index in [1.807, 2.05) is 19.1 Å². The molecule has 0 radical (unpaired) electrons. The summed E-state index contributed by atoms with van der Waals surface area (Å²) in [7, 11) is 0. The highest BCUT2D eigenvalue weighted by Gasteiger charge is 2.55. The highest BCUT2D eigenvalue weighted by atomic mass is 16.7. The van der Waals surface area contributed by atoms with Crippen molar-refractivity contribution in [3.8, 4) is 6.07 Å². The summed E-state index contributed by atoms with van der Waals surface area (Å²) in [6, 6.07) is 8.52. The fraction of sp³-hybridized carbons (Fsp3) is 0.686. The summed E-state index contributed by atoms with van der Waals surface area (Å²) in [5, 5.41) is 13.3. The number of benzene rings is 1. The maximum atomic E-state index is 13.4. The molecule has 256 valence electrons. The first-order chi connectivity index (χ1) is 20.9. The molecule has 1 fully saturated rings. The molecule has 1 aromatic rings. The van der Waals surface area contributed by atoms with Crippen LogP contribution in [0.1, 0.15) is 100 Å². The SMILES string of the molecule is Cc1ccc([C@@H](C#N)N[C@@H]2O[C@H](COC(=O)C(C)(C)C)[C@H](OC(=O)C(C)(C)C)[C@H](OC(=O)C(C)(C)C)[C@H]2OC(=O)C(C)(C)C)cc1. The Bertz CT molecular complexity index is 1290. The third-order valence-electron chi connectivity index (χ3n) is 7.06. The van der Waals surface area contributed by atoms with Crippen LogP contribution in [0.5, 0.6) is 0 Å². The minimum atomic E-state index is -1.41. The Kier molecular flexibility index (Phi) is 12.2. The molecule has 0 bridgehead atoms. The van der Waals surface area contributed by atoms with E-state index < -0.39 is 82.2 Å². The third-order valence-corrected chi connectivity index (χ3v) is 7.06. The quantitative estimate of drug-likeness (QED) is 0.289. The van der Waals surface area contributed by atoms with Crippen molar-refractivity contribution in [1.82, 2.24) is 5.32 Å². The van der Waals surface area contributed by atoms with Crippen LogP contribution in [0, 0.1) is 39.9 Å². The predicted octanol–water partition coefficient (Wildman–Crippen LogP) is 5.34. The van der Waals surface area contributed by atoms with Gasteiger partial charge < -0.3 is 23.7 Å². The highest BCUT2D eigenvalue weighted by molar-refractivity contribution is 5.78. The van der Waals surface area contributed by atoms with Gasteiger partial charge in [-0.2, -0.15) is 5.26 Å². The van der Waals surface area contributed by atoms with Crippen LogP contribution < -0.4 is 5.32 Å². The number of nitrogens with zero attached hydrogens (tertiary/aromatic N) is 1. The molecule has 0 saturated carbocycles. The molecule has 1 aromatic carbocycles. The lowest BCUT2D eigenvalue weighted by Crippen LogP contribution is -2.66. The maximum Gasteiger partial charge on any atom is 0.311 e. The molecule has 2 rings (SSSR count). The Morgan fingerprint density at radius 1 is 0.717 bits per heavy atom. The van der Waals surface area contributed by atoms with Gasteiger partial charge in [-0.15, -0.1) is 0 Å². The van der Waals surface area contributed by atoms with Gasteiger partial charge in [-0.05, 0) is 95.6 Å². The Labute approximate surface area is 273 Å². The lowest BCUT2D eigenvalue weighted by Gasteiger charge is -2.46. The molecule has 0 amide bonds. The third kappa shape index (κ3) is 10.5. The van der Waals surface area contributed by atoms with Gasteiger partial charge in [0.1, 0.15) is 18.8 Å². The van der Waals surface area contributed by atoms with E-state index in [0.29, 0.717) is 5.56 Å². The lowest BCUT2D eigenvalue weighted by molar-refractivity contribution is -0.265. The number of nitriles is 1. The van der Waals surface area contributed by atoms with E-state index in [9.17, 15) is 24.4 Å². The number of carbonyl (C=O) groups is 4. The molecule has 1 heterocycles. The molecule has 0 unspecified atom stereocenters. The number of nitrogens with one attached hydrogen (secondary N) is 1. The van der Waals surface area contributed by atoms with Crippen molar-refractivity contribution in [2.24, 2.45) is 21.7 Å². The number of hydrogen-bond acceptors (Lipinski definition) is 11. The van der Waals surface area contributed by atoms with Gasteiger partial charge in [0, 0.05) is 0 Å². The topological polar surface area (TPSA) is 150 Å². The summed E-state index contributed by atoms with van der Waals surface area (Å²) < 4.78 is 30.0. The molecule has 11 nitrogen and oxygen atoms in total. The van der Waals surface area contributed by atoms with Gasteiger partial charge in [0.2, 0.25) is 0 Å². The summed E-state index contributed by atoms with van der Waals surface area (Å²) in [4.78, 5) is 52.9. The second-order valence-corrected chi connectivity index (χ2v) is 15.9. The highest BCUT2D eigenvalue weighted by Crippen LogP contribution is 2.34. The van der Waals surface area contributed by atoms with E-state index in [1.54, 1.807) is 95.2 Å². The van der Waals surface area contributed by atoms with Crippen molar-refractivity contribution in [3.05, 3.63) is 35.4 Å². The van der Waals surface area contributed by atoms with E-state index in [2.05, 4.69) is 11.4 Å². The van der Waals surface area contributed by atoms with Crippen molar-refractivity contribution in [1.29, 1.82) is 5.26 Å². The second kappa shape index (κ2) is 14.5. The molecular formula is C35H52N2O9. The zero-order valence-electron chi connectivity index (χ0n) is 29.6. The number of hydrogen-bond donors (Lipinski definition) is 1. The molecule has 0 aliphatic carbocycles. The van der Waals surface area contributed by atoms with E-state index >= 15 is 0 Å². The van der Waals surface area contributed by atoms with Crippen LogP contribution in [0.3, 0.4) is 0 Å². The molecule has 46 heavy (non-hydrogen) atoms. The smallest absolute Gasteiger partial charge is 0.311 e. The zero-order valence-corrected chi connectivity index (χ0v) is 29.6. The van der Waals surface area contributed by atoms with Crippen molar-refractivity contribution in [2.45, 2.75) is 127 Å². The van der Waals surface area contributed by atoms with Gasteiger partial charge in [-0.1, -0.05) is 29.8 Å². The first-order valence-electron chi connectivity index (χ1n) is 15.5. The molecule has 1 aliphatic heterocycles. The van der Waals surface area contributed by atoms with Crippen molar-refractivity contribution < 1.29 is 42.9 Å². The normalized spacial score (nSPS) is 23.0. The minimum absolute atomic E-state index is 0.387. The van der Waals surface area contributed by atoms with Crippen LogP contribution in [0.2, 0.25) is 0 Å². The van der Waals surface area contributed by atoms with Crippen molar-refractivity contribution in [3.63, 3.8) is 0 Å². The van der Waals surface area contributed by atoms with Crippen LogP contribution >= 0.6 is 0 Å². The minimum Gasteiger partial charge on any atom is -0.462 e. The average Bonchev–Trinajstić information content (AvgIpc) is 2.91. The molecule has 0 aromatic heterocycles.